The molecule has 0 saturated heterocycles. The summed E-state index contributed by atoms with van der Waals surface area (Å²) < 4.78 is 0. The third-order valence-corrected chi connectivity index (χ3v) is 2.15. The molecule has 1 aromatic heterocycles. The number of aromatic nitrogens is 2. The van der Waals surface area contributed by atoms with Crippen molar-refractivity contribution in [3.8, 4) is 0 Å². The maximum Gasteiger partial charge on any atom is 0.222 e. The average Bonchev–Trinajstić information content (AvgIpc) is 2.18. The van der Waals surface area contributed by atoms with Crippen LogP contribution in [0.3, 0.4) is 0 Å². The van der Waals surface area contributed by atoms with Gasteiger partial charge in [-0.1, -0.05) is 0 Å². The van der Waals surface area contributed by atoms with Crippen LogP contribution in [0.15, 0.2) is 6.20 Å². The predicted octanol–water partition coefficient (Wildman–Crippen LogP) is 0.554. The number of nitrogens with zero attached hydrogens (tertiary/aromatic N) is 2. The Kier molecular flexibility index (Phi) is 2.40. The van der Waals surface area contributed by atoms with Crippen LogP contribution in [0, 0.1) is 0 Å². The smallest absolute Gasteiger partial charge is 0.222 e. The zero-order chi connectivity index (χ0) is 9.10. The third kappa shape index (κ3) is 1.78. The normalized spacial score (nSPS) is 15.2. The van der Waals surface area contributed by atoms with Crippen LogP contribution >= 0.6 is 0 Å². The van der Waals surface area contributed by atoms with E-state index < -0.39 is 0 Å². The second kappa shape index (κ2) is 3.70. The molecule has 0 amide bonds. The van der Waals surface area contributed by atoms with Crippen LogP contribution in [0.25, 0.3) is 0 Å². The van der Waals surface area contributed by atoms with Gasteiger partial charge in [-0.25, -0.2) is 9.97 Å². The molecular formula is C9H14N4. The van der Waals surface area contributed by atoms with E-state index in [9.17, 15) is 0 Å². The summed E-state index contributed by atoms with van der Waals surface area (Å²) in [6.45, 7) is 4.82. The number of anilines is 1. The molecule has 0 aliphatic carbocycles. The van der Waals surface area contributed by atoms with E-state index in [1.807, 2.05) is 13.1 Å². The van der Waals surface area contributed by atoms with Gasteiger partial charge in [0.15, 0.2) is 0 Å². The summed E-state index contributed by atoms with van der Waals surface area (Å²) in [5.74, 6) is 0.741. The molecule has 0 fully saturated rings. The first-order chi connectivity index (χ1) is 6.40. The van der Waals surface area contributed by atoms with Gasteiger partial charge in [0.1, 0.15) is 0 Å². The molecule has 2 rings (SSSR count). The summed E-state index contributed by atoms with van der Waals surface area (Å²) in [5.41, 5.74) is 2.41. The second-order valence-corrected chi connectivity index (χ2v) is 3.12. The van der Waals surface area contributed by atoms with Crippen molar-refractivity contribution in [2.75, 3.05) is 18.4 Å². The first-order valence-electron chi connectivity index (χ1n) is 4.69. The number of hydrogen-bond acceptors (Lipinski definition) is 4. The Morgan fingerprint density at radius 1 is 1.62 bits per heavy atom. The van der Waals surface area contributed by atoms with Crippen LogP contribution < -0.4 is 10.6 Å². The minimum atomic E-state index is 0.741. The number of hydrogen-bond donors (Lipinski definition) is 2. The highest BCUT2D eigenvalue weighted by Crippen LogP contribution is 2.11. The molecule has 2 N–H and O–H groups in total. The summed E-state index contributed by atoms with van der Waals surface area (Å²) >= 11 is 0. The van der Waals surface area contributed by atoms with Gasteiger partial charge in [-0.05, 0) is 25.5 Å². The van der Waals surface area contributed by atoms with Crippen molar-refractivity contribution in [1.29, 1.82) is 0 Å². The number of rotatable bonds is 2. The molecule has 0 radical (unpaired) electrons. The molecule has 0 atom stereocenters. The zero-order valence-electron chi connectivity index (χ0n) is 7.80. The van der Waals surface area contributed by atoms with Crippen LogP contribution in [0.1, 0.15) is 18.2 Å². The summed E-state index contributed by atoms with van der Waals surface area (Å²) in [4.78, 5) is 8.65. The van der Waals surface area contributed by atoms with Crippen molar-refractivity contribution >= 4 is 5.95 Å². The molecule has 0 saturated carbocycles. The molecular weight excluding hydrogens is 164 g/mol. The van der Waals surface area contributed by atoms with Crippen LogP contribution in [-0.4, -0.2) is 23.1 Å². The van der Waals surface area contributed by atoms with Crippen molar-refractivity contribution in [2.24, 2.45) is 0 Å². The molecule has 0 spiro atoms. The van der Waals surface area contributed by atoms with E-state index in [-0.39, 0.29) is 0 Å². The van der Waals surface area contributed by atoms with Gasteiger partial charge in [-0.2, -0.15) is 0 Å². The van der Waals surface area contributed by atoms with Crippen molar-refractivity contribution in [2.45, 2.75) is 19.9 Å². The molecule has 70 valence electrons. The topological polar surface area (TPSA) is 49.8 Å². The minimum absolute atomic E-state index is 0.741. The van der Waals surface area contributed by atoms with Crippen molar-refractivity contribution in [3.05, 3.63) is 17.5 Å². The highest BCUT2D eigenvalue weighted by atomic mass is 15.1. The van der Waals surface area contributed by atoms with Gasteiger partial charge in [0.2, 0.25) is 5.95 Å². The highest BCUT2D eigenvalue weighted by Gasteiger charge is 2.10. The van der Waals surface area contributed by atoms with E-state index in [1.54, 1.807) is 0 Å². The molecule has 2 heterocycles. The van der Waals surface area contributed by atoms with Gasteiger partial charge in [-0.15, -0.1) is 0 Å². The average molecular weight is 178 g/mol. The SMILES string of the molecule is CCNc1ncc2c(n1)CNCC2. The van der Waals surface area contributed by atoms with Crippen LogP contribution in [0.4, 0.5) is 5.95 Å². The summed E-state index contributed by atoms with van der Waals surface area (Å²) in [5, 5.41) is 6.40. The van der Waals surface area contributed by atoms with E-state index in [0.29, 0.717) is 0 Å². The van der Waals surface area contributed by atoms with Gasteiger partial charge in [0, 0.05) is 19.3 Å². The van der Waals surface area contributed by atoms with E-state index in [2.05, 4.69) is 20.6 Å². The lowest BCUT2D eigenvalue weighted by Gasteiger charge is -2.15. The quantitative estimate of drug-likeness (QED) is 0.694. The Bertz CT molecular complexity index is 298. The molecule has 0 unspecified atom stereocenters. The lowest BCUT2D eigenvalue weighted by Crippen LogP contribution is -2.25. The zero-order valence-corrected chi connectivity index (χ0v) is 7.80. The summed E-state index contributed by atoms with van der Waals surface area (Å²) in [6, 6.07) is 0. The monoisotopic (exact) mass is 178 g/mol. The first kappa shape index (κ1) is 8.44. The molecule has 0 aromatic carbocycles. The van der Waals surface area contributed by atoms with Gasteiger partial charge in [0.25, 0.3) is 0 Å². The lowest BCUT2D eigenvalue weighted by atomic mass is 10.1. The maximum absolute atomic E-state index is 4.42. The molecule has 1 aliphatic heterocycles. The fraction of sp³-hybridized carbons (Fsp3) is 0.556. The van der Waals surface area contributed by atoms with E-state index in [4.69, 9.17) is 0 Å². The molecule has 4 nitrogen and oxygen atoms in total. The van der Waals surface area contributed by atoms with Gasteiger partial charge in [0.05, 0.1) is 5.69 Å². The number of nitrogens with one attached hydrogen (secondary N) is 2. The summed E-state index contributed by atoms with van der Waals surface area (Å²) in [6.07, 6.45) is 2.98. The Balaban J connectivity index is 2.24. The van der Waals surface area contributed by atoms with Gasteiger partial charge >= 0.3 is 0 Å². The van der Waals surface area contributed by atoms with Crippen molar-refractivity contribution in [3.63, 3.8) is 0 Å². The van der Waals surface area contributed by atoms with Crippen LogP contribution in [0.2, 0.25) is 0 Å². The highest BCUT2D eigenvalue weighted by molar-refractivity contribution is 5.30. The molecule has 13 heavy (non-hydrogen) atoms. The van der Waals surface area contributed by atoms with Crippen molar-refractivity contribution in [1.82, 2.24) is 15.3 Å². The van der Waals surface area contributed by atoms with Crippen molar-refractivity contribution < 1.29 is 0 Å². The molecule has 1 aromatic rings. The van der Waals surface area contributed by atoms with E-state index >= 15 is 0 Å². The van der Waals surface area contributed by atoms with E-state index in [1.165, 1.54) is 5.56 Å². The first-order valence-corrected chi connectivity index (χ1v) is 4.69. The predicted molar refractivity (Wildman–Crippen MR) is 51.6 cm³/mol. The lowest BCUT2D eigenvalue weighted by molar-refractivity contribution is 0.624. The fourth-order valence-corrected chi connectivity index (χ4v) is 1.48. The van der Waals surface area contributed by atoms with Gasteiger partial charge < -0.3 is 10.6 Å². The van der Waals surface area contributed by atoms with Gasteiger partial charge in [-0.3, -0.25) is 0 Å². The largest absolute Gasteiger partial charge is 0.354 e. The van der Waals surface area contributed by atoms with Crippen LogP contribution in [-0.2, 0) is 13.0 Å². The molecule has 0 bridgehead atoms. The third-order valence-electron chi connectivity index (χ3n) is 2.15. The minimum Gasteiger partial charge on any atom is -0.354 e. The maximum atomic E-state index is 4.42. The number of fused-ring (bicyclic) bond motifs is 1. The Labute approximate surface area is 77.8 Å². The van der Waals surface area contributed by atoms with Crippen LogP contribution in [0.5, 0.6) is 0 Å². The molecule has 1 aliphatic rings. The van der Waals surface area contributed by atoms with E-state index in [0.717, 1.165) is 37.7 Å². The fourth-order valence-electron chi connectivity index (χ4n) is 1.48. The Hall–Kier alpha value is -1.16. The molecule has 4 heteroatoms. The second-order valence-electron chi connectivity index (χ2n) is 3.12. The Morgan fingerprint density at radius 3 is 3.38 bits per heavy atom. The standard InChI is InChI=1S/C9H14N4/c1-2-11-9-12-5-7-3-4-10-6-8(7)13-9/h5,10H,2-4,6H2,1H3,(H,11,12,13). The summed E-state index contributed by atoms with van der Waals surface area (Å²) in [7, 11) is 0. The Morgan fingerprint density at radius 2 is 2.54 bits per heavy atom.